The smallest absolute Gasteiger partial charge is 0.293 e. The van der Waals surface area contributed by atoms with E-state index < -0.39 is 0 Å². The van der Waals surface area contributed by atoms with Crippen LogP contribution in [-0.2, 0) is 4.79 Å². The Hall–Kier alpha value is -2.95. The molecule has 0 unspecified atom stereocenters. The van der Waals surface area contributed by atoms with Crippen LogP contribution in [-0.4, -0.2) is 20.1 Å². The Balaban J connectivity index is 2.01. The van der Waals surface area contributed by atoms with Crippen molar-refractivity contribution in [1.29, 1.82) is 0 Å². The maximum atomic E-state index is 12.4. The van der Waals surface area contributed by atoms with Crippen LogP contribution in [0.15, 0.2) is 48.2 Å². The van der Waals surface area contributed by atoms with Gasteiger partial charge in [0.1, 0.15) is 5.75 Å². The first-order valence-corrected chi connectivity index (χ1v) is 6.79. The molecule has 5 nitrogen and oxygen atoms in total. The molecule has 2 N–H and O–H groups in total. The fourth-order valence-corrected chi connectivity index (χ4v) is 2.30. The van der Waals surface area contributed by atoms with Gasteiger partial charge in [-0.1, -0.05) is 12.1 Å². The molecule has 2 aromatic carbocycles. The molecule has 3 rings (SSSR count). The zero-order valence-corrected chi connectivity index (χ0v) is 12.4. The predicted octanol–water partition coefficient (Wildman–Crippen LogP) is 2.67. The molecule has 0 spiro atoms. The van der Waals surface area contributed by atoms with E-state index in [0.29, 0.717) is 17.1 Å². The number of ether oxygens (including phenoxy) is 2. The lowest BCUT2D eigenvalue weighted by atomic mass is 10.1. The number of carbonyl (C=O) groups is 1. The van der Waals surface area contributed by atoms with Gasteiger partial charge >= 0.3 is 0 Å². The first kappa shape index (κ1) is 14.0. The highest BCUT2D eigenvalue weighted by Crippen LogP contribution is 2.36. The quantitative estimate of drug-likeness (QED) is 0.683. The van der Waals surface area contributed by atoms with Gasteiger partial charge in [-0.3, -0.25) is 4.79 Å². The van der Waals surface area contributed by atoms with E-state index in [0.717, 1.165) is 11.3 Å². The summed E-state index contributed by atoms with van der Waals surface area (Å²) in [5.74, 6) is 1.32. The molecule has 0 atom stereocenters. The number of likely N-dealkylation sites (N-methyl/N-ethyl adjacent to an activating group) is 1. The number of hydrogen-bond donors (Lipinski definition) is 1. The topological polar surface area (TPSA) is 64.8 Å². The molecule has 0 saturated heterocycles. The zero-order valence-electron chi connectivity index (χ0n) is 12.4. The third kappa shape index (κ3) is 2.48. The summed E-state index contributed by atoms with van der Waals surface area (Å²) in [5, 5.41) is 0. The van der Waals surface area contributed by atoms with E-state index in [1.807, 2.05) is 24.3 Å². The highest BCUT2D eigenvalue weighted by atomic mass is 16.5. The minimum atomic E-state index is -0.208. The van der Waals surface area contributed by atoms with E-state index in [1.165, 1.54) is 0 Å². The van der Waals surface area contributed by atoms with Crippen LogP contribution in [0.2, 0.25) is 0 Å². The largest absolute Gasteiger partial charge is 0.497 e. The lowest BCUT2D eigenvalue weighted by Crippen LogP contribution is -2.33. The van der Waals surface area contributed by atoms with Gasteiger partial charge in [-0.05, 0) is 35.9 Å². The second-order valence-corrected chi connectivity index (χ2v) is 4.98. The number of amides is 1. The molecule has 1 heterocycles. The summed E-state index contributed by atoms with van der Waals surface area (Å²) in [4.78, 5) is 13.9. The predicted molar refractivity (Wildman–Crippen MR) is 85.9 cm³/mol. The fraction of sp³-hybridized carbons (Fsp3) is 0.118. The number of nitrogens with zero attached hydrogens (tertiary/aromatic N) is 1. The Morgan fingerprint density at radius 1 is 1.23 bits per heavy atom. The molecular weight excluding hydrogens is 280 g/mol. The number of anilines is 2. The van der Waals surface area contributed by atoms with Crippen molar-refractivity contribution >= 4 is 23.4 Å². The van der Waals surface area contributed by atoms with E-state index in [1.54, 1.807) is 43.3 Å². The molecule has 22 heavy (non-hydrogen) atoms. The van der Waals surface area contributed by atoms with Crippen molar-refractivity contribution in [2.75, 3.05) is 24.8 Å². The van der Waals surface area contributed by atoms with Crippen LogP contribution < -0.4 is 20.1 Å². The molecule has 0 fully saturated rings. The van der Waals surface area contributed by atoms with Crippen LogP contribution in [0.25, 0.3) is 6.08 Å². The van der Waals surface area contributed by atoms with Crippen molar-refractivity contribution in [2.45, 2.75) is 0 Å². The summed E-state index contributed by atoms with van der Waals surface area (Å²) >= 11 is 0. The van der Waals surface area contributed by atoms with Crippen LogP contribution in [0.4, 0.5) is 11.4 Å². The zero-order chi connectivity index (χ0) is 15.7. The Morgan fingerprint density at radius 3 is 2.82 bits per heavy atom. The summed E-state index contributed by atoms with van der Waals surface area (Å²) in [7, 11) is 3.31. The highest BCUT2D eigenvalue weighted by molar-refractivity contribution is 6.09. The number of fused-ring (bicyclic) bond motifs is 1. The van der Waals surface area contributed by atoms with Gasteiger partial charge in [0, 0.05) is 18.8 Å². The van der Waals surface area contributed by atoms with Gasteiger partial charge in [0.05, 0.1) is 12.8 Å². The van der Waals surface area contributed by atoms with Gasteiger partial charge in [0.2, 0.25) is 0 Å². The minimum absolute atomic E-state index is 0.208. The number of benzene rings is 2. The van der Waals surface area contributed by atoms with Crippen molar-refractivity contribution in [3.63, 3.8) is 0 Å². The first-order valence-electron chi connectivity index (χ1n) is 6.79. The van der Waals surface area contributed by atoms with Gasteiger partial charge in [-0.25, -0.2) is 0 Å². The maximum absolute atomic E-state index is 12.4. The van der Waals surface area contributed by atoms with Gasteiger partial charge in [0.15, 0.2) is 11.5 Å². The SMILES string of the molecule is COc1cccc(/C=C2/Oc3cc(N)ccc3N(C)C2=O)c1. The van der Waals surface area contributed by atoms with Gasteiger partial charge < -0.3 is 20.1 Å². The van der Waals surface area contributed by atoms with Crippen LogP contribution >= 0.6 is 0 Å². The van der Waals surface area contributed by atoms with E-state index in [-0.39, 0.29) is 11.7 Å². The number of carbonyl (C=O) groups excluding carboxylic acids is 1. The van der Waals surface area contributed by atoms with Crippen molar-refractivity contribution in [1.82, 2.24) is 0 Å². The summed E-state index contributed by atoms with van der Waals surface area (Å²) in [6.07, 6.45) is 1.69. The van der Waals surface area contributed by atoms with Crippen LogP contribution in [0.3, 0.4) is 0 Å². The van der Waals surface area contributed by atoms with E-state index >= 15 is 0 Å². The molecular formula is C17H16N2O3. The fourth-order valence-electron chi connectivity index (χ4n) is 2.30. The summed E-state index contributed by atoms with van der Waals surface area (Å²) < 4.78 is 10.9. The number of methoxy groups -OCH3 is 1. The normalized spacial score (nSPS) is 15.5. The summed E-state index contributed by atoms with van der Waals surface area (Å²) in [6.45, 7) is 0. The van der Waals surface area contributed by atoms with E-state index in [2.05, 4.69) is 0 Å². The molecule has 1 aliphatic rings. The Labute approximate surface area is 128 Å². The molecule has 1 amide bonds. The number of hydrogen-bond acceptors (Lipinski definition) is 4. The second kappa shape index (κ2) is 5.44. The van der Waals surface area contributed by atoms with E-state index in [4.69, 9.17) is 15.2 Å². The second-order valence-electron chi connectivity index (χ2n) is 4.98. The maximum Gasteiger partial charge on any atom is 0.293 e. The van der Waals surface area contributed by atoms with Crippen LogP contribution in [0.1, 0.15) is 5.56 Å². The molecule has 0 aromatic heterocycles. The van der Waals surface area contributed by atoms with Crippen LogP contribution in [0.5, 0.6) is 11.5 Å². The molecule has 0 radical (unpaired) electrons. The van der Waals surface area contributed by atoms with Crippen molar-refractivity contribution < 1.29 is 14.3 Å². The molecule has 0 saturated carbocycles. The number of rotatable bonds is 2. The third-order valence-electron chi connectivity index (χ3n) is 3.47. The Morgan fingerprint density at radius 2 is 2.05 bits per heavy atom. The number of nitrogen functional groups attached to an aromatic ring is 1. The van der Waals surface area contributed by atoms with Crippen molar-refractivity contribution in [2.24, 2.45) is 0 Å². The molecule has 0 aliphatic carbocycles. The summed E-state index contributed by atoms with van der Waals surface area (Å²) in [5.41, 5.74) is 7.88. The highest BCUT2D eigenvalue weighted by Gasteiger charge is 2.27. The third-order valence-corrected chi connectivity index (χ3v) is 3.47. The first-order chi connectivity index (χ1) is 10.6. The van der Waals surface area contributed by atoms with Crippen molar-refractivity contribution in [3.8, 4) is 11.5 Å². The van der Waals surface area contributed by atoms with Gasteiger partial charge in [-0.15, -0.1) is 0 Å². The average Bonchev–Trinajstić information content (AvgIpc) is 2.52. The minimum Gasteiger partial charge on any atom is -0.497 e. The molecule has 2 aromatic rings. The molecule has 112 valence electrons. The lowest BCUT2D eigenvalue weighted by Gasteiger charge is -2.27. The monoisotopic (exact) mass is 296 g/mol. The lowest BCUT2D eigenvalue weighted by molar-refractivity contribution is -0.117. The summed E-state index contributed by atoms with van der Waals surface area (Å²) in [6, 6.07) is 12.6. The standard InChI is InChI=1S/C17H16N2O3/c1-19-14-7-6-12(18)10-15(14)22-16(17(19)20)9-11-4-3-5-13(8-11)21-2/h3-10H,18H2,1-2H3/b16-9+. The number of nitrogens with two attached hydrogens (primary N) is 1. The van der Waals surface area contributed by atoms with Crippen LogP contribution in [0, 0.1) is 0 Å². The molecule has 1 aliphatic heterocycles. The Kier molecular flexibility index (Phi) is 3.47. The Bertz CT molecular complexity index is 768. The van der Waals surface area contributed by atoms with E-state index in [9.17, 15) is 4.79 Å². The van der Waals surface area contributed by atoms with Crippen molar-refractivity contribution in [3.05, 3.63) is 53.8 Å². The van der Waals surface area contributed by atoms with Gasteiger partial charge in [-0.2, -0.15) is 0 Å². The average molecular weight is 296 g/mol. The van der Waals surface area contributed by atoms with Gasteiger partial charge in [0.25, 0.3) is 5.91 Å². The molecule has 0 bridgehead atoms. The molecule has 5 heteroatoms.